The van der Waals surface area contributed by atoms with Gasteiger partial charge in [0.1, 0.15) is 0 Å². The molecule has 2 fully saturated rings. The van der Waals surface area contributed by atoms with Crippen LogP contribution in [-0.2, 0) is 4.74 Å². The van der Waals surface area contributed by atoms with Crippen LogP contribution in [-0.4, -0.2) is 34.1 Å². The zero-order valence-corrected chi connectivity index (χ0v) is 12.2. The van der Waals surface area contributed by atoms with Gasteiger partial charge in [-0.05, 0) is 51.4 Å². The minimum absolute atomic E-state index is 0.235. The summed E-state index contributed by atoms with van der Waals surface area (Å²) in [5.41, 5.74) is -1.16. The Kier molecular flexibility index (Phi) is 2.91. The lowest BCUT2D eigenvalue weighted by Gasteiger charge is -2.60. The summed E-state index contributed by atoms with van der Waals surface area (Å²) in [6, 6.07) is 0. The lowest BCUT2D eigenvalue weighted by atomic mass is 9.50. The van der Waals surface area contributed by atoms with Crippen LogP contribution in [0.15, 0.2) is 12.2 Å². The SMILES string of the molecule is C[C@@]1(O)CC[C@H]2[C@@H](C=C[C@]3(C)OCC[C@H](O)[C@]23C)C1. The average Bonchev–Trinajstić information content (AvgIpc) is 2.32. The summed E-state index contributed by atoms with van der Waals surface area (Å²) in [4.78, 5) is 0. The predicted molar refractivity (Wildman–Crippen MR) is 73.7 cm³/mol. The number of ether oxygens (including phenoxy) is 1. The molecule has 3 rings (SSSR count). The van der Waals surface area contributed by atoms with Crippen molar-refractivity contribution in [1.82, 2.24) is 0 Å². The van der Waals surface area contributed by atoms with Crippen LogP contribution in [0, 0.1) is 17.3 Å². The van der Waals surface area contributed by atoms with Crippen molar-refractivity contribution in [1.29, 1.82) is 0 Å². The Morgan fingerprint density at radius 3 is 2.68 bits per heavy atom. The first-order valence-corrected chi connectivity index (χ1v) is 7.52. The van der Waals surface area contributed by atoms with E-state index in [2.05, 4.69) is 26.0 Å². The average molecular weight is 266 g/mol. The van der Waals surface area contributed by atoms with E-state index in [1.54, 1.807) is 0 Å². The van der Waals surface area contributed by atoms with Gasteiger partial charge in [-0.1, -0.05) is 19.1 Å². The van der Waals surface area contributed by atoms with E-state index in [9.17, 15) is 10.2 Å². The molecule has 0 aromatic rings. The van der Waals surface area contributed by atoms with Gasteiger partial charge >= 0.3 is 0 Å². The molecule has 1 saturated carbocycles. The maximum absolute atomic E-state index is 10.6. The van der Waals surface area contributed by atoms with Crippen molar-refractivity contribution in [2.24, 2.45) is 17.3 Å². The highest BCUT2D eigenvalue weighted by Gasteiger charge is 2.60. The zero-order chi connectivity index (χ0) is 13.9. The van der Waals surface area contributed by atoms with E-state index in [0.29, 0.717) is 18.4 Å². The van der Waals surface area contributed by atoms with E-state index in [4.69, 9.17) is 4.74 Å². The maximum Gasteiger partial charge on any atom is 0.0915 e. The van der Waals surface area contributed by atoms with Crippen molar-refractivity contribution >= 4 is 0 Å². The Morgan fingerprint density at radius 2 is 1.95 bits per heavy atom. The van der Waals surface area contributed by atoms with E-state index in [-0.39, 0.29) is 17.1 Å². The Labute approximate surface area is 115 Å². The molecule has 0 radical (unpaired) electrons. The molecule has 19 heavy (non-hydrogen) atoms. The second kappa shape index (κ2) is 4.06. The fraction of sp³-hybridized carbons (Fsp3) is 0.875. The molecule has 0 unspecified atom stereocenters. The quantitative estimate of drug-likeness (QED) is 0.661. The topological polar surface area (TPSA) is 49.7 Å². The largest absolute Gasteiger partial charge is 0.392 e. The van der Waals surface area contributed by atoms with E-state index >= 15 is 0 Å². The number of fused-ring (bicyclic) bond motifs is 3. The van der Waals surface area contributed by atoms with Gasteiger partial charge in [-0.3, -0.25) is 0 Å². The molecule has 2 N–H and O–H groups in total. The smallest absolute Gasteiger partial charge is 0.0915 e. The minimum Gasteiger partial charge on any atom is -0.392 e. The van der Waals surface area contributed by atoms with E-state index in [1.807, 2.05) is 6.92 Å². The number of hydrogen-bond donors (Lipinski definition) is 2. The zero-order valence-electron chi connectivity index (χ0n) is 12.2. The maximum atomic E-state index is 10.6. The highest BCUT2D eigenvalue weighted by atomic mass is 16.5. The molecule has 1 aliphatic heterocycles. The molecular weight excluding hydrogens is 240 g/mol. The van der Waals surface area contributed by atoms with Crippen molar-refractivity contribution in [2.75, 3.05) is 6.61 Å². The normalized spacial score (nSPS) is 57.4. The van der Waals surface area contributed by atoms with Crippen LogP contribution >= 0.6 is 0 Å². The predicted octanol–water partition coefficient (Wildman–Crippen LogP) is 2.27. The van der Waals surface area contributed by atoms with Gasteiger partial charge in [0.15, 0.2) is 0 Å². The third kappa shape index (κ3) is 1.82. The Hall–Kier alpha value is -0.380. The van der Waals surface area contributed by atoms with E-state index < -0.39 is 5.60 Å². The Balaban J connectivity index is 2.00. The summed E-state index contributed by atoms with van der Waals surface area (Å²) in [5, 5.41) is 20.9. The van der Waals surface area contributed by atoms with Crippen molar-refractivity contribution in [3.05, 3.63) is 12.2 Å². The molecule has 3 nitrogen and oxygen atoms in total. The third-order valence-corrected chi connectivity index (χ3v) is 6.17. The van der Waals surface area contributed by atoms with Crippen molar-refractivity contribution in [3.8, 4) is 0 Å². The molecule has 3 aliphatic rings. The molecule has 0 bridgehead atoms. The van der Waals surface area contributed by atoms with Crippen molar-refractivity contribution in [3.63, 3.8) is 0 Å². The lowest BCUT2D eigenvalue weighted by Crippen LogP contribution is -2.63. The summed E-state index contributed by atoms with van der Waals surface area (Å²) in [5.74, 6) is 0.760. The molecule has 108 valence electrons. The van der Waals surface area contributed by atoms with E-state index in [1.165, 1.54) is 0 Å². The molecule has 1 heterocycles. The lowest BCUT2D eigenvalue weighted by molar-refractivity contribution is -0.224. The highest BCUT2D eigenvalue weighted by molar-refractivity contribution is 5.23. The van der Waals surface area contributed by atoms with Crippen LogP contribution in [0.25, 0.3) is 0 Å². The Morgan fingerprint density at radius 1 is 1.21 bits per heavy atom. The Bertz CT molecular complexity index is 403. The van der Waals surface area contributed by atoms with Crippen molar-refractivity contribution < 1.29 is 14.9 Å². The number of aliphatic hydroxyl groups is 2. The van der Waals surface area contributed by atoms with Crippen LogP contribution < -0.4 is 0 Å². The van der Waals surface area contributed by atoms with Crippen LogP contribution in [0.3, 0.4) is 0 Å². The van der Waals surface area contributed by atoms with Crippen LogP contribution in [0.4, 0.5) is 0 Å². The van der Waals surface area contributed by atoms with Crippen molar-refractivity contribution in [2.45, 2.75) is 63.8 Å². The summed E-state index contributed by atoms with van der Waals surface area (Å²) < 4.78 is 6.03. The number of rotatable bonds is 0. The molecule has 2 aliphatic carbocycles. The standard InChI is InChI=1S/C16H26O3/c1-14(18)7-5-12-11(10-14)4-8-15(2)16(12,3)13(17)6-9-19-15/h4,8,11-13,17-18H,5-7,9-10H2,1-3H3/t11-,12-,13-,14+,15-,16-/m0/s1. The van der Waals surface area contributed by atoms with Crippen LogP contribution in [0.5, 0.6) is 0 Å². The van der Waals surface area contributed by atoms with Gasteiger partial charge in [0, 0.05) is 5.41 Å². The molecule has 6 atom stereocenters. The first kappa shape index (κ1) is 13.6. The monoisotopic (exact) mass is 266 g/mol. The summed E-state index contributed by atoms with van der Waals surface area (Å²) >= 11 is 0. The fourth-order valence-electron chi connectivity index (χ4n) is 4.70. The molecule has 0 aromatic heterocycles. The van der Waals surface area contributed by atoms with Gasteiger partial charge in [-0.15, -0.1) is 0 Å². The van der Waals surface area contributed by atoms with Gasteiger partial charge in [0.2, 0.25) is 0 Å². The molecule has 1 saturated heterocycles. The van der Waals surface area contributed by atoms with Gasteiger partial charge in [-0.25, -0.2) is 0 Å². The second-order valence-electron chi connectivity index (χ2n) is 7.41. The molecule has 0 aromatic carbocycles. The van der Waals surface area contributed by atoms with Gasteiger partial charge in [-0.2, -0.15) is 0 Å². The third-order valence-electron chi connectivity index (χ3n) is 6.17. The first-order valence-electron chi connectivity index (χ1n) is 7.52. The molecular formula is C16H26O3. The number of hydrogen-bond acceptors (Lipinski definition) is 3. The molecule has 3 heteroatoms. The molecule has 0 amide bonds. The van der Waals surface area contributed by atoms with Gasteiger partial charge in [0.25, 0.3) is 0 Å². The number of aliphatic hydroxyl groups excluding tert-OH is 1. The van der Waals surface area contributed by atoms with Crippen LogP contribution in [0.2, 0.25) is 0 Å². The number of allylic oxidation sites excluding steroid dienone is 1. The summed E-state index contributed by atoms with van der Waals surface area (Å²) in [6.45, 7) is 6.85. The minimum atomic E-state index is -0.559. The fourth-order valence-corrected chi connectivity index (χ4v) is 4.70. The highest BCUT2D eigenvalue weighted by Crippen LogP contribution is 2.58. The summed E-state index contributed by atoms with van der Waals surface area (Å²) in [7, 11) is 0. The summed E-state index contributed by atoms with van der Waals surface area (Å²) in [6.07, 6.45) is 7.35. The van der Waals surface area contributed by atoms with E-state index in [0.717, 1.165) is 25.7 Å². The second-order valence-corrected chi connectivity index (χ2v) is 7.41. The van der Waals surface area contributed by atoms with Gasteiger partial charge in [0.05, 0.1) is 23.9 Å². The molecule has 0 spiro atoms. The first-order chi connectivity index (χ1) is 8.79. The van der Waals surface area contributed by atoms with Gasteiger partial charge < -0.3 is 14.9 Å². The van der Waals surface area contributed by atoms with Crippen LogP contribution in [0.1, 0.15) is 46.5 Å².